The predicted octanol–water partition coefficient (Wildman–Crippen LogP) is 1.96. The van der Waals surface area contributed by atoms with E-state index in [4.69, 9.17) is 9.47 Å². The maximum Gasteiger partial charge on any atom is 0.355 e. The molecule has 108 valence electrons. The SMILES string of the molecule is CCC(C)c1nc2nc(OC)cc(OC)n2c1C(=O)O. The summed E-state index contributed by atoms with van der Waals surface area (Å²) in [6, 6.07) is 1.53. The fourth-order valence-electron chi connectivity index (χ4n) is 2.01. The highest BCUT2D eigenvalue weighted by Crippen LogP contribution is 2.28. The molecule has 0 aliphatic heterocycles. The Morgan fingerprint density at radius 3 is 2.60 bits per heavy atom. The average molecular weight is 279 g/mol. The Morgan fingerprint density at radius 2 is 2.10 bits per heavy atom. The lowest BCUT2D eigenvalue weighted by molar-refractivity contribution is 0.0686. The number of aromatic nitrogens is 3. The van der Waals surface area contributed by atoms with Gasteiger partial charge in [0, 0.05) is 5.92 Å². The van der Waals surface area contributed by atoms with Gasteiger partial charge in [0.25, 0.3) is 0 Å². The number of ether oxygens (including phenoxy) is 2. The molecule has 0 amide bonds. The van der Waals surface area contributed by atoms with Crippen molar-refractivity contribution in [2.75, 3.05) is 14.2 Å². The molecule has 20 heavy (non-hydrogen) atoms. The van der Waals surface area contributed by atoms with Crippen molar-refractivity contribution >= 4 is 11.7 Å². The van der Waals surface area contributed by atoms with Crippen molar-refractivity contribution in [1.29, 1.82) is 0 Å². The lowest BCUT2D eigenvalue weighted by atomic mass is 10.0. The normalized spacial score (nSPS) is 12.4. The molecule has 0 saturated carbocycles. The fourth-order valence-corrected chi connectivity index (χ4v) is 2.01. The predicted molar refractivity (Wildman–Crippen MR) is 71.8 cm³/mol. The Hall–Kier alpha value is -2.31. The van der Waals surface area contributed by atoms with Crippen LogP contribution in [0.25, 0.3) is 5.78 Å². The lowest BCUT2D eigenvalue weighted by Gasteiger charge is -2.08. The highest BCUT2D eigenvalue weighted by Gasteiger charge is 2.25. The molecular weight excluding hydrogens is 262 g/mol. The maximum absolute atomic E-state index is 11.6. The number of nitrogens with zero attached hydrogens (tertiary/aromatic N) is 3. The number of fused-ring (bicyclic) bond motifs is 1. The van der Waals surface area contributed by atoms with Gasteiger partial charge in [0.1, 0.15) is 0 Å². The topological polar surface area (TPSA) is 86.0 Å². The Labute approximate surface area is 116 Å². The van der Waals surface area contributed by atoms with Gasteiger partial charge in [-0.25, -0.2) is 14.2 Å². The van der Waals surface area contributed by atoms with E-state index in [2.05, 4.69) is 9.97 Å². The van der Waals surface area contributed by atoms with Crippen LogP contribution >= 0.6 is 0 Å². The molecule has 2 rings (SSSR count). The fraction of sp³-hybridized carbons (Fsp3) is 0.462. The third-order valence-electron chi connectivity index (χ3n) is 3.26. The average Bonchev–Trinajstić information content (AvgIpc) is 2.84. The molecule has 0 saturated heterocycles. The van der Waals surface area contributed by atoms with Crippen molar-refractivity contribution in [2.45, 2.75) is 26.2 Å². The second kappa shape index (κ2) is 5.36. The van der Waals surface area contributed by atoms with E-state index in [0.717, 1.165) is 6.42 Å². The van der Waals surface area contributed by atoms with Gasteiger partial charge in [-0.15, -0.1) is 0 Å². The summed E-state index contributed by atoms with van der Waals surface area (Å²) in [5, 5.41) is 9.47. The van der Waals surface area contributed by atoms with Crippen LogP contribution in [-0.4, -0.2) is 39.7 Å². The van der Waals surface area contributed by atoms with Crippen molar-refractivity contribution in [3.63, 3.8) is 0 Å². The molecule has 0 aliphatic rings. The van der Waals surface area contributed by atoms with E-state index in [1.807, 2.05) is 13.8 Å². The highest BCUT2D eigenvalue weighted by atomic mass is 16.5. The minimum absolute atomic E-state index is 0.0125. The van der Waals surface area contributed by atoms with E-state index in [0.29, 0.717) is 17.5 Å². The summed E-state index contributed by atoms with van der Waals surface area (Å²) in [4.78, 5) is 20.1. The molecule has 0 fully saturated rings. The van der Waals surface area contributed by atoms with Gasteiger partial charge in [0.15, 0.2) is 5.69 Å². The van der Waals surface area contributed by atoms with Crippen LogP contribution in [0.3, 0.4) is 0 Å². The summed E-state index contributed by atoms with van der Waals surface area (Å²) >= 11 is 0. The number of hydrogen-bond acceptors (Lipinski definition) is 5. The Kier molecular flexibility index (Phi) is 3.78. The number of carboxylic acid groups (broad SMARTS) is 1. The molecule has 2 aromatic rings. The number of carboxylic acids is 1. The van der Waals surface area contributed by atoms with E-state index in [1.165, 1.54) is 24.7 Å². The second-order valence-corrected chi connectivity index (χ2v) is 4.44. The third kappa shape index (κ3) is 2.15. The summed E-state index contributed by atoms with van der Waals surface area (Å²) in [7, 11) is 2.94. The van der Waals surface area contributed by atoms with Crippen LogP contribution in [0, 0.1) is 0 Å². The van der Waals surface area contributed by atoms with Crippen molar-refractivity contribution in [1.82, 2.24) is 14.4 Å². The molecular formula is C13H17N3O4. The van der Waals surface area contributed by atoms with Crippen molar-refractivity contribution in [3.05, 3.63) is 17.5 Å². The van der Waals surface area contributed by atoms with E-state index in [9.17, 15) is 9.90 Å². The summed E-state index contributed by atoms with van der Waals surface area (Å²) in [6.07, 6.45) is 0.781. The first-order chi connectivity index (χ1) is 9.53. The number of imidazole rings is 1. The zero-order valence-corrected chi connectivity index (χ0v) is 11.9. The molecule has 7 heteroatoms. The first-order valence-corrected chi connectivity index (χ1v) is 6.28. The van der Waals surface area contributed by atoms with Gasteiger partial charge in [-0.05, 0) is 6.42 Å². The minimum Gasteiger partial charge on any atom is -0.482 e. The molecule has 1 N–H and O–H groups in total. The number of methoxy groups -OCH3 is 2. The zero-order valence-electron chi connectivity index (χ0n) is 11.9. The van der Waals surface area contributed by atoms with Crippen LogP contribution in [-0.2, 0) is 0 Å². The molecule has 0 radical (unpaired) electrons. The summed E-state index contributed by atoms with van der Waals surface area (Å²) < 4.78 is 11.7. The standard InChI is InChI=1S/C13H17N3O4/c1-5-7(2)10-11(12(17)18)16-9(20-4)6-8(19-3)14-13(16)15-10/h6-7H,5H2,1-4H3,(H,17,18). The zero-order chi connectivity index (χ0) is 14.9. The molecule has 7 nitrogen and oxygen atoms in total. The van der Waals surface area contributed by atoms with Crippen LogP contribution in [0.4, 0.5) is 0 Å². The van der Waals surface area contributed by atoms with Gasteiger partial charge in [-0.3, -0.25) is 0 Å². The van der Waals surface area contributed by atoms with Crippen LogP contribution in [0.2, 0.25) is 0 Å². The summed E-state index contributed by atoms with van der Waals surface area (Å²) in [5.41, 5.74) is 0.584. The Morgan fingerprint density at radius 1 is 1.40 bits per heavy atom. The van der Waals surface area contributed by atoms with Gasteiger partial charge in [0.2, 0.25) is 17.5 Å². The van der Waals surface area contributed by atoms with Gasteiger partial charge in [-0.2, -0.15) is 4.98 Å². The van der Waals surface area contributed by atoms with E-state index < -0.39 is 5.97 Å². The molecule has 1 atom stereocenters. The molecule has 0 aromatic carbocycles. The van der Waals surface area contributed by atoms with Crippen molar-refractivity contribution in [2.24, 2.45) is 0 Å². The van der Waals surface area contributed by atoms with Crippen LogP contribution in [0.15, 0.2) is 6.07 Å². The number of rotatable bonds is 5. The third-order valence-corrected chi connectivity index (χ3v) is 3.26. The van der Waals surface area contributed by atoms with E-state index >= 15 is 0 Å². The first kappa shape index (κ1) is 14.1. The molecule has 2 aromatic heterocycles. The molecule has 1 unspecified atom stereocenters. The molecule has 0 spiro atoms. The van der Waals surface area contributed by atoms with Gasteiger partial charge >= 0.3 is 5.97 Å². The minimum atomic E-state index is -1.06. The van der Waals surface area contributed by atoms with E-state index in [1.54, 1.807) is 0 Å². The van der Waals surface area contributed by atoms with Gasteiger partial charge in [-0.1, -0.05) is 13.8 Å². The molecule has 0 bridgehead atoms. The largest absolute Gasteiger partial charge is 0.482 e. The summed E-state index contributed by atoms with van der Waals surface area (Å²) in [5.74, 6) is -0.135. The number of hydrogen-bond donors (Lipinski definition) is 1. The highest BCUT2D eigenvalue weighted by molar-refractivity contribution is 5.88. The quantitative estimate of drug-likeness (QED) is 0.900. The molecule has 2 heterocycles. The molecule has 0 aliphatic carbocycles. The number of carbonyl (C=O) groups is 1. The monoisotopic (exact) mass is 279 g/mol. The van der Waals surface area contributed by atoms with Gasteiger partial charge in [0.05, 0.1) is 26.0 Å². The Bertz CT molecular complexity index is 651. The lowest BCUT2D eigenvalue weighted by Crippen LogP contribution is -2.09. The Balaban J connectivity index is 2.83. The first-order valence-electron chi connectivity index (χ1n) is 6.28. The van der Waals surface area contributed by atoms with Crippen LogP contribution in [0.5, 0.6) is 11.8 Å². The van der Waals surface area contributed by atoms with Gasteiger partial charge < -0.3 is 14.6 Å². The second-order valence-electron chi connectivity index (χ2n) is 4.44. The maximum atomic E-state index is 11.6. The van der Waals surface area contributed by atoms with Crippen molar-refractivity contribution in [3.8, 4) is 11.8 Å². The van der Waals surface area contributed by atoms with Crippen LogP contribution in [0.1, 0.15) is 42.4 Å². The van der Waals surface area contributed by atoms with Crippen molar-refractivity contribution < 1.29 is 19.4 Å². The van der Waals surface area contributed by atoms with Crippen LogP contribution < -0.4 is 9.47 Å². The summed E-state index contributed by atoms with van der Waals surface area (Å²) in [6.45, 7) is 3.91. The smallest absolute Gasteiger partial charge is 0.355 e. The number of aromatic carboxylic acids is 1. The van der Waals surface area contributed by atoms with E-state index in [-0.39, 0.29) is 17.4 Å².